The second-order valence-corrected chi connectivity index (χ2v) is 4.50. The fraction of sp³-hybridized carbons (Fsp3) is 0.500. The van der Waals surface area contributed by atoms with E-state index in [0.29, 0.717) is 11.5 Å². The first kappa shape index (κ1) is 12.0. The van der Waals surface area contributed by atoms with Crippen molar-refractivity contribution >= 4 is 17.6 Å². The van der Waals surface area contributed by atoms with Crippen LogP contribution < -0.4 is 5.73 Å². The highest BCUT2D eigenvalue weighted by atomic mass is 32.2. The van der Waals surface area contributed by atoms with Gasteiger partial charge < -0.3 is 5.73 Å². The zero-order valence-corrected chi connectivity index (χ0v) is 9.84. The van der Waals surface area contributed by atoms with Gasteiger partial charge in [0.25, 0.3) is 0 Å². The average Bonchev–Trinajstić information content (AvgIpc) is 2.26. The molecule has 4 nitrogen and oxygen atoms in total. The minimum Gasteiger partial charge on any atom is -0.384 e. The molecule has 1 rings (SSSR count). The number of nitrogens with two attached hydrogens (primary N) is 1. The Kier molecular flexibility index (Phi) is 4.55. The van der Waals surface area contributed by atoms with Gasteiger partial charge in [-0.25, -0.2) is 0 Å². The van der Waals surface area contributed by atoms with Gasteiger partial charge in [-0.3, -0.25) is 5.41 Å². The number of nitrogen functional groups attached to an aromatic ring is 1. The number of hydrogen-bond donors (Lipinski definition) is 2. The van der Waals surface area contributed by atoms with E-state index < -0.39 is 0 Å². The van der Waals surface area contributed by atoms with Crippen LogP contribution in [0.4, 0.5) is 0 Å². The van der Waals surface area contributed by atoms with Gasteiger partial charge in [0, 0.05) is 5.75 Å². The van der Waals surface area contributed by atoms with Crippen molar-refractivity contribution in [2.75, 3.05) is 5.75 Å². The van der Waals surface area contributed by atoms with Gasteiger partial charge in [0.1, 0.15) is 10.9 Å². The first-order valence-corrected chi connectivity index (χ1v) is 5.92. The molecule has 82 valence electrons. The topological polar surface area (TPSA) is 75.7 Å². The molecule has 3 N–H and O–H groups in total. The summed E-state index contributed by atoms with van der Waals surface area (Å²) in [5.74, 6) is 1.67. The Morgan fingerprint density at radius 3 is 3.00 bits per heavy atom. The lowest BCUT2D eigenvalue weighted by molar-refractivity contribution is 0.636. The summed E-state index contributed by atoms with van der Waals surface area (Å²) in [4.78, 5) is 0. The van der Waals surface area contributed by atoms with Crippen LogP contribution in [-0.4, -0.2) is 21.8 Å². The number of rotatable bonds is 5. The smallest absolute Gasteiger partial charge is 0.130 e. The lowest BCUT2D eigenvalue weighted by atomic mass is 10.2. The van der Waals surface area contributed by atoms with Crippen LogP contribution in [-0.2, 0) is 0 Å². The van der Waals surface area contributed by atoms with Gasteiger partial charge in [-0.05, 0) is 12.0 Å². The van der Waals surface area contributed by atoms with Crippen LogP contribution in [0.5, 0.6) is 0 Å². The molecule has 0 aromatic carbocycles. The first-order chi connectivity index (χ1) is 7.15. The number of hydrogen-bond acceptors (Lipinski definition) is 4. The Balaban J connectivity index is 2.72. The normalized spacial score (nSPS) is 12.4. The summed E-state index contributed by atoms with van der Waals surface area (Å²) >= 11 is 1.61. The van der Waals surface area contributed by atoms with E-state index >= 15 is 0 Å². The van der Waals surface area contributed by atoms with Crippen LogP contribution in [0, 0.1) is 11.3 Å². The summed E-state index contributed by atoms with van der Waals surface area (Å²) in [6, 6.07) is 1.73. The van der Waals surface area contributed by atoms with Gasteiger partial charge >= 0.3 is 0 Å². The molecule has 1 aromatic heterocycles. The highest BCUT2D eigenvalue weighted by molar-refractivity contribution is 7.99. The van der Waals surface area contributed by atoms with Crippen molar-refractivity contribution in [3.05, 3.63) is 17.8 Å². The van der Waals surface area contributed by atoms with Gasteiger partial charge in [-0.2, -0.15) is 5.10 Å². The van der Waals surface area contributed by atoms with Gasteiger partial charge in [0.05, 0.1) is 11.8 Å². The van der Waals surface area contributed by atoms with E-state index in [1.807, 2.05) is 0 Å². The van der Waals surface area contributed by atoms with Crippen LogP contribution in [0.1, 0.15) is 25.8 Å². The lowest BCUT2D eigenvalue weighted by Gasteiger charge is -2.08. The van der Waals surface area contributed by atoms with Crippen molar-refractivity contribution in [3.8, 4) is 0 Å². The Labute approximate surface area is 94.2 Å². The van der Waals surface area contributed by atoms with Crippen molar-refractivity contribution in [2.24, 2.45) is 11.7 Å². The largest absolute Gasteiger partial charge is 0.384 e. The molecule has 5 heteroatoms. The molecular formula is C10H16N4S. The third-order valence-electron chi connectivity index (χ3n) is 2.18. The van der Waals surface area contributed by atoms with Crippen LogP contribution in [0.15, 0.2) is 17.3 Å². The molecule has 0 bridgehead atoms. The molecule has 0 spiro atoms. The van der Waals surface area contributed by atoms with Gasteiger partial charge in [0.2, 0.25) is 0 Å². The zero-order valence-electron chi connectivity index (χ0n) is 9.03. The highest BCUT2D eigenvalue weighted by Crippen LogP contribution is 2.22. The van der Waals surface area contributed by atoms with Crippen molar-refractivity contribution in [1.82, 2.24) is 10.2 Å². The number of amidine groups is 1. The van der Waals surface area contributed by atoms with Crippen molar-refractivity contribution in [1.29, 1.82) is 5.41 Å². The molecule has 1 aromatic rings. The van der Waals surface area contributed by atoms with Crippen molar-refractivity contribution < 1.29 is 0 Å². The third-order valence-corrected chi connectivity index (χ3v) is 3.49. The molecule has 0 aliphatic carbocycles. The van der Waals surface area contributed by atoms with Crippen LogP contribution in [0.25, 0.3) is 0 Å². The minimum absolute atomic E-state index is 0.0524. The molecule has 1 heterocycles. The summed E-state index contributed by atoms with van der Waals surface area (Å²) in [5, 5.41) is 16.0. The van der Waals surface area contributed by atoms with E-state index in [0.717, 1.165) is 17.2 Å². The summed E-state index contributed by atoms with van der Waals surface area (Å²) in [7, 11) is 0. The zero-order chi connectivity index (χ0) is 11.3. The maximum Gasteiger partial charge on any atom is 0.130 e. The number of nitrogens with one attached hydrogen (secondary N) is 1. The molecule has 0 amide bonds. The van der Waals surface area contributed by atoms with E-state index in [1.54, 1.807) is 24.0 Å². The first-order valence-electron chi connectivity index (χ1n) is 4.94. The predicted molar refractivity (Wildman–Crippen MR) is 63.2 cm³/mol. The molecular weight excluding hydrogens is 208 g/mol. The summed E-state index contributed by atoms with van der Waals surface area (Å²) in [5.41, 5.74) is 6.13. The van der Waals surface area contributed by atoms with E-state index in [-0.39, 0.29) is 5.84 Å². The lowest BCUT2D eigenvalue weighted by Crippen LogP contribution is -2.13. The van der Waals surface area contributed by atoms with Gasteiger partial charge in [-0.1, -0.05) is 20.3 Å². The molecule has 0 fully saturated rings. The molecule has 0 saturated carbocycles. The number of nitrogens with zero attached hydrogens (tertiary/aromatic N) is 2. The minimum atomic E-state index is 0.0524. The number of thioether (sulfide) groups is 1. The van der Waals surface area contributed by atoms with E-state index in [9.17, 15) is 0 Å². The second-order valence-electron chi connectivity index (χ2n) is 3.49. The highest BCUT2D eigenvalue weighted by Gasteiger charge is 2.09. The molecule has 15 heavy (non-hydrogen) atoms. The quantitative estimate of drug-likeness (QED) is 0.455. The molecule has 0 saturated heterocycles. The van der Waals surface area contributed by atoms with Gasteiger partial charge in [-0.15, -0.1) is 16.9 Å². The fourth-order valence-corrected chi connectivity index (χ4v) is 2.09. The van der Waals surface area contributed by atoms with Crippen LogP contribution in [0.3, 0.4) is 0 Å². The third kappa shape index (κ3) is 3.51. The summed E-state index contributed by atoms with van der Waals surface area (Å²) < 4.78 is 0. The molecule has 0 radical (unpaired) electrons. The maximum absolute atomic E-state index is 7.40. The maximum atomic E-state index is 7.40. The second kappa shape index (κ2) is 5.70. The van der Waals surface area contributed by atoms with Crippen LogP contribution in [0.2, 0.25) is 0 Å². The van der Waals surface area contributed by atoms with Crippen molar-refractivity contribution in [2.45, 2.75) is 25.3 Å². The summed E-state index contributed by atoms with van der Waals surface area (Å²) in [6.07, 6.45) is 2.70. The Hall–Kier alpha value is -1.10. The Morgan fingerprint density at radius 1 is 1.67 bits per heavy atom. The van der Waals surface area contributed by atoms with Crippen molar-refractivity contribution in [3.63, 3.8) is 0 Å². The van der Waals surface area contributed by atoms with Crippen LogP contribution >= 0.6 is 11.8 Å². The van der Waals surface area contributed by atoms with Gasteiger partial charge in [0.15, 0.2) is 0 Å². The van der Waals surface area contributed by atoms with E-state index in [4.69, 9.17) is 11.1 Å². The average molecular weight is 224 g/mol. The molecule has 0 aliphatic rings. The standard InChI is InChI=1S/C10H16N4S/c1-3-7(2)6-15-10-8(9(11)12)4-5-13-14-10/h4-5,7H,3,6H2,1-2H3,(H3,11,12). The van der Waals surface area contributed by atoms with E-state index in [2.05, 4.69) is 24.0 Å². The molecule has 1 atom stereocenters. The fourth-order valence-electron chi connectivity index (χ4n) is 0.969. The Bertz CT molecular complexity index is 340. The Morgan fingerprint density at radius 2 is 2.40 bits per heavy atom. The monoisotopic (exact) mass is 224 g/mol. The molecule has 0 aliphatic heterocycles. The predicted octanol–water partition coefficient (Wildman–Crippen LogP) is 1.90. The van der Waals surface area contributed by atoms with E-state index in [1.165, 1.54) is 0 Å². The summed E-state index contributed by atoms with van der Waals surface area (Å²) in [6.45, 7) is 4.35. The number of aromatic nitrogens is 2. The molecule has 1 unspecified atom stereocenters. The SMILES string of the molecule is CCC(C)CSc1nnccc1C(=N)N.